The van der Waals surface area contributed by atoms with E-state index in [0.717, 1.165) is 27.9 Å². The number of ether oxygens (including phenoxy) is 2. The molecule has 1 aliphatic heterocycles. The maximum absolute atomic E-state index is 13.1. The molecule has 6 nitrogen and oxygen atoms in total. The van der Waals surface area contributed by atoms with Crippen LogP contribution in [0.2, 0.25) is 5.02 Å². The number of amides is 2. The zero-order valence-corrected chi connectivity index (χ0v) is 23.9. The first-order chi connectivity index (χ1) is 17.8. The second-order valence-electron chi connectivity index (χ2n) is 7.92. The van der Waals surface area contributed by atoms with Crippen LogP contribution in [0.5, 0.6) is 11.5 Å². The molecule has 0 aliphatic carbocycles. The van der Waals surface area contributed by atoms with Gasteiger partial charge in [0.05, 0.1) is 26.6 Å². The normalized spacial score (nSPS) is 14.3. The second-order valence-corrected chi connectivity index (χ2v) is 10.9. The van der Waals surface area contributed by atoms with Gasteiger partial charge in [-0.3, -0.25) is 15.0 Å². The van der Waals surface area contributed by atoms with E-state index in [9.17, 15) is 9.59 Å². The van der Waals surface area contributed by atoms with E-state index in [-0.39, 0.29) is 14.9 Å². The van der Waals surface area contributed by atoms with E-state index in [4.69, 9.17) is 33.3 Å². The maximum atomic E-state index is 13.1. The molecular weight excluding hydrogens is 596 g/mol. The first kappa shape index (κ1) is 27.2. The van der Waals surface area contributed by atoms with Crippen LogP contribution in [0, 0.1) is 6.92 Å². The molecule has 1 aliphatic rings. The lowest BCUT2D eigenvalue weighted by Gasteiger charge is -2.16. The van der Waals surface area contributed by atoms with Crippen molar-refractivity contribution in [1.29, 1.82) is 0 Å². The molecule has 0 unspecified atom stereocenters. The Labute approximate surface area is 238 Å². The molecule has 0 aromatic heterocycles. The van der Waals surface area contributed by atoms with Crippen LogP contribution in [0.15, 0.2) is 70.0 Å². The molecule has 3 aromatic carbocycles. The molecule has 4 rings (SSSR count). The molecule has 0 spiro atoms. The molecule has 1 fully saturated rings. The highest BCUT2D eigenvalue weighted by molar-refractivity contribution is 9.10. The van der Waals surface area contributed by atoms with Crippen molar-refractivity contribution in [1.82, 2.24) is 10.4 Å². The summed E-state index contributed by atoms with van der Waals surface area (Å²) in [5, 5.41) is 1.33. The van der Waals surface area contributed by atoms with Crippen LogP contribution in [0.25, 0.3) is 6.08 Å². The van der Waals surface area contributed by atoms with Gasteiger partial charge >= 0.3 is 0 Å². The monoisotopic (exact) mass is 616 g/mol. The summed E-state index contributed by atoms with van der Waals surface area (Å²) in [6, 6.07) is 18.2. The Morgan fingerprint density at radius 1 is 1.16 bits per heavy atom. The molecule has 0 saturated carbocycles. The van der Waals surface area contributed by atoms with Crippen LogP contribution < -0.4 is 14.9 Å². The van der Waals surface area contributed by atoms with Gasteiger partial charge in [-0.15, -0.1) is 0 Å². The summed E-state index contributed by atoms with van der Waals surface area (Å²) >= 11 is 16.1. The summed E-state index contributed by atoms with van der Waals surface area (Å²) in [6.07, 6.45) is 1.69. The number of carbonyl (C=O) groups excluding carboxylic acids is 2. The SMILES string of the molecule is CCOc1cc(/C=C2\SC(=S)N(NC(=O)c3ccccc3Cl)C2=O)cc(Br)c1OCc1ccccc1C. The smallest absolute Gasteiger partial charge is 0.285 e. The largest absolute Gasteiger partial charge is 0.490 e. The van der Waals surface area contributed by atoms with E-state index >= 15 is 0 Å². The highest BCUT2D eigenvalue weighted by Crippen LogP contribution is 2.39. The Balaban J connectivity index is 1.55. The van der Waals surface area contributed by atoms with Crippen LogP contribution in [0.4, 0.5) is 0 Å². The Morgan fingerprint density at radius 3 is 2.62 bits per heavy atom. The minimum atomic E-state index is -0.528. The lowest BCUT2D eigenvalue weighted by atomic mass is 10.1. The van der Waals surface area contributed by atoms with E-state index in [1.807, 2.05) is 44.2 Å². The number of benzene rings is 3. The molecule has 0 atom stereocenters. The summed E-state index contributed by atoms with van der Waals surface area (Å²) in [5.41, 5.74) is 5.70. The summed E-state index contributed by atoms with van der Waals surface area (Å²) < 4.78 is 12.8. The molecule has 10 heteroatoms. The Bertz CT molecular complexity index is 1410. The number of rotatable bonds is 8. The zero-order chi connectivity index (χ0) is 26.5. The number of thiocarbonyl (C=S) groups is 1. The zero-order valence-electron chi connectivity index (χ0n) is 19.9. The molecule has 0 bridgehead atoms. The molecule has 37 heavy (non-hydrogen) atoms. The second kappa shape index (κ2) is 12.1. The van der Waals surface area contributed by atoms with Gasteiger partial charge in [0.2, 0.25) is 0 Å². The average Bonchev–Trinajstić information content (AvgIpc) is 3.12. The highest BCUT2D eigenvalue weighted by Gasteiger charge is 2.34. The fourth-order valence-electron chi connectivity index (χ4n) is 3.52. The maximum Gasteiger partial charge on any atom is 0.285 e. The van der Waals surface area contributed by atoms with Crippen LogP contribution in [0.3, 0.4) is 0 Å². The van der Waals surface area contributed by atoms with Crippen molar-refractivity contribution in [3.8, 4) is 11.5 Å². The van der Waals surface area contributed by atoms with Gasteiger partial charge in [0.1, 0.15) is 6.61 Å². The van der Waals surface area contributed by atoms with Gasteiger partial charge in [-0.2, -0.15) is 5.01 Å². The topological polar surface area (TPSA) is 67.9 Å². The lowest BCUT2D eigenvalue weighted by molar-refractivity contribution is -0.123. The number of hydrogen-bond donors (Lipinski definition) is 1. The predicted octanol–water partition coefficient (Wildman–Crippen LogP) is 6.93. The van der Waals surface area contributed by atoms with Gasteiger partial charge in [-0.05, 0) is 89.0 Å². The molecule has 1 heterocycles. The highest BCUT2D eigenvalue weighted by atomic mass is 79.9. The van der Waals surface area contributed by atoms with Crippen LogP contribution in [-0.2, 0) is 11.4 Å². The van der Waals surface area contributed by atoms with Crippen molar-refractivity contribution in [2.24, 2.45) is 0 Å². The van der Waals surface area contributed by atoms with Gasteiger partial charge < -0.3 is 9.47 Å². The van der Waals surface area contributed by atoms with Crippen molar-refractivity contribution >= 4 is 73.7 Å². The van der Waals surface area contributed by atoms with E-state index in [0.29, 0.717) is 39.7 Å². The number of nitrogens with zero attached hydrogens (tertiary/aromatic N) is 1. The minimum Gasteiger partial charge on any atom is -0.490 e. The molecule has 1 saturated heterocycles. The summed E-state index contributed by atoms with van der Waals surface area (Å²) in [4.78, 5) is 26.1. The molecule has 190 valence electrons. The Hall–Kier alpha value is -2.85. The summed E-state index contributed by atoms with van der Waals surface area (Å²) in [5.74, 6) is 0.144. The van der Waals surface area contributed by atoms with E-state index in [1.54, 1.807) is 36.4 Å². The molecule has 1 N–H and O–H groups in total. The first-order valence-corrected chi connectivity index (χ1v) is 13.6. The van der Waals surface area contributed by atoms with Crippen molar-refractivity contribution in [2.75, 3.05) is 6.61 Å². The van der Waals surface area contributed by atoms with Crippen molar-refractivity contribution in [3.05, 3.63) is 97.3 Å². The minimum absolute atomic E-state index is 0.207. The van der Waals surface area contributed by atoms with Crippen LogP contribution >= 0.6 is 51.5 Å². The van der Waals surface area contributed by atoms with E-state index < -0.39 is 11.8 Å². The standard InChI is InChI=1S/C27H22BrClN2O4S2/c1-3-34-22-13-17(12-20(28)24(22)35-15-18-9-5-4-8-16(18)2)14-23-26(33)31(27(36)37-23)30-25(32)19-10-6-7-11-21(19)29/h4-14H,3,15H2,1-2H3,(H,30,32)/b23-14-. The average molecular weight is 618 g/mol. The molecule has 2 amide bonds. The number of carbonyl (C=O) groups is 2. The van der Waals surface area contributed by atoms with Crippen LogP contribution in [-0.4, -0.2) is 27.8 Å². The third-order valence-electron chi connectivity index (χ3n) is 5.39. The summed E-state index contributed by atoms with van der Waals surface area (Å²) in [6.45, 7) is 4.74. The Kier molecular flexibility index (Phi) is 8.91. The number of thioether (sulfide) groups is 1. The van der Waals surface area contributed by atoms with Gasteiger partial charge in [0.15, 0.2) is 15.8 Å². The van der Waals surface area contributed by atoms with Gasteiger partial charge in [0.25, 0.3) is 11.8 Å². The quantitative estimate of drug-likeness (QED) is 0.218. The third-order valence-corrected chi connectivity index (χ3v) is 7.61. The van der Waals surface area contributed by atoms with E-state index in [1.165, 1.54) is 0 Å². The molecule has 3 aromatic rings. The molecule has 0 radical (unpaired) electrons. The fourth-order valence-corrected chi connectivity index (χ4v) is 5.49. The van der Waals surface area contributed by atoms with Crippen LogP contribution in [0.1, 0.15) is 34.0 Å². The van der Waals surface area contributed by atoms with Crippen molar-refractivity contribution < 1.29 is 19.1 Å². The van der Waals surface area contributed by atoms with Crippen molar-refractivity contribution in [3.63, 3.8) is 0 Å². The number of hydrogen-bond acceptors (Lipinski definition) is 6. The van der Waals surface area contributed by atoms with Gasteiger partial charge in [-0.1, -0.05) is 59.8 Å². The van der Waals surface area contributed by atoms with Crippen molar-refractivity contribution in [2.45, 2.75) is 20.5 Å². The molecular formula is C27H22BrClN2O4S2. The number of hydrazine groups is 1. The lowest BCUT2D eigenvalue weighted by Crippen LogP contribution is -2.44. The fraction of sp³-hybridized carbons (Fsp3) is 0.148. The predicted molar refractivity (Wildman–Crippen MR) is 155 cm³/mol. The van der Waals surface area contributed by atoms with Gasteiger partial charge in [-0.25, -0.2) is 0 Å². The van der Waals surface area contributed by atoms with Gasteiger partial charge in [0, 0.05) is 0 Å². The third kappa shape index (κ3) is 6.35. The number of aryl methyl sites for hydroxylation is 1. The Morgan fingerprint density at radius 2 is 1.89 bits per heavy atom. The summed E-state index contributed by atoms with van der Waals surface area (Å²) in [7, 11) is 0. The van der Waals surface area contributed by atoms with E-state index in [2.05, 4.69) is 21.4 Å². The first-order valence-electron chi connectivity index (χ1n) is 11.3. The number of nitrogens with one attached hydrogen (secondary N) is 1. The number of halogens is 2.